The molecule has 1 heterocycles. The van der Waals surface area contributed by atoms with Crippen LogP contribution in [0.1, 0.15) is 24.1 Å². The Balaban J connectivity index is 2.00. The van der Waals surface area contributed by atoms with Crippen molar-refractivity contribution in [1.29, 1.82) is 0 Å². The van der Waals surface area contributed by atoms with Crippen molar-refractivity contribution in [1.82, 2.24) is 9.80 Å². The number of amides is 2. The van der Waals surface area contributed by atoms with Crippen molar-refractivity contribution >= 4 is 12.1 Å². The lowest BCUT2D eigenvalue weighted by molar-refractivity contribution is 0.175. The van der Waals surface area contributed by atoms with Crippen molar-refractivity contribution in [2.24, 2.45) is 0 Å². The number of urea groups is 1. The summed E-state index contributed by atoms with van der Waals surface area (Å²) in [5, 5.41) is 10.6. The maximum absolute atomic E-state index is 12.6. The van der Waals surface area contributed by atoms with E-state index in [0.717, 1.165) is 11.1 Å². The first-order chi connectivity index (χ1) is 11.1. The Morgan fingerprint density at radius 1 is 1.04 bits per heavy atom. The van der Waals surface area contributed by atoms with Gasteiger partial charge < -0.3 is 10.0 Å². The first-order valence-electron chi connectivity index (χ1n) is 7.66. The van der Waals surface area contributed by atoms with Crippen molar-refractivity contribution in [3.63, 3.8) is 0 Å². The highest BCUT2D eigenvalue weighted by Crippen LogP contribution is 2.36. The predicted molar refractivity (Wildman–Crippen MR) is 90.7 cm³/mol. The van der Waals surface area contributed by atoms with Crippen LogP contribution in [-0.2, 0) is 0 Å². The van der Waals surface area contributed by atoms with Crippen LogP contribution in [0.5, 0.6) is 0 Å². The van der Waals surface area contributed by atoms with Gasteiger partial charge in [-0.15, -0.1) is 0 Å². The molecule has 1 aliphatic heterocycles. The summed E-state index contributed by atoms with van der Waals surface area (Å²) < 4.78 is 0. The van der Waals surface area contributed by atoms with Gasteiger partial charge in [-0.3, -0.25) is 4.90 Å². The molecule has 23 heavy (non-hydrogen) atoms. The van der Waals surface area contributed by atoms with Gasteiger partial charge in [-0.2, -0.15) is 0 Å². The highest BCUT2D eigenvalue weighted by Gasteiger charge is 2.44. The molecule has 1 fully saturated rings. The fraction of sp³-hybridized carbons (Fsp3) is 0.211. The molecule has 0 aromatic heterocycles. The van der Waals surface area contributed by atoms with Gasteiger partial charge in [0.25, 0.3) is 0 Å². The number of carbonyl (C=O) groups is 1. The molecule has 0 bridgehead atoms. The van der Waals surface area contributed by atoms with E-state index in [2.05, 4.69) is 0 Å². The molecule has 0 saturated carbocycles. The van der Waals surface area contributed by atoms with Crippen LogP contribution in [0, 0.1) is 0 Å². The van der Waals surface area contributed by atoms with Gasteiger partial charge in [0.05, 0.1) is 12.1 Å². The van der Waals surface area contributed by atoms with Crippen LogP contribution in [-0.4, -0.2) is 34.0 Å². The van der Waals surface area contributed by atoms with Gasteiger partial charge in [0.15, 0.2) is 5.88 Å². The van der Waals surface area contributed by atoms with E-state index in [1.807, 2.05) is 67.6 Å². The van der Waals surface area contributed by atoms with E-state index in [1.54, 1.807) is 18.0 Å². The van der Waals surface area contributed by atoms with Crippen LogP contribution in [0.4, 0.5) is 4.79 Å². The summed E-state index contributed by atoms with van der Waals surface area (Å²) in [6.07, 6.45) is 1.62. The topological polar surface area (TPSA) is 43.8 Å². The van der Waals surface area contributed by atoms with E-state index in [4.69, 9.17) is 0 Å². The minimum atomic E-state index is -0.214. The number of benzene rings is 2. The van der Waals surface area contributed by atoms with Gasteiger partial charge in [-0.25, -0.2) is 4.79 Å². The molecule has 1 N–H and O–H groups in total. The molecular weight excluding hydrogens is 288 g/mol. The highest BCUT2D eigenvalue weighted by molar-refractivity contribution is 5.80. The molecule has 2 amide bonds. The zero-order chi connectivity index (χ0) is 16.4. The van der Waals surface area contributed by atoms with Crippen LogP contribution < -0.4 is 0 Å². The molecule has 0 aliphatic carbocycles. The number of nitrogens with zero attached hydrogens (tertiary/aromatic N) is 2. The van der Waals surface area contributed by atoms with Crippen LogP contribution in [0.15, 0.2) is 66.5 Å². The largest absolute Gasteiger partial charge is 0.494 e. The van der Waals surface area contributed by atoms with Crippen LogP contribution in [0.3, 0.4) is 0 Å². The first-order valence-corrected chi connectivity index (χ1v) is 7.66. The third-order valence-electron chi connectivity index (χ3n) is 4.34. The summed E-state index contributed by atoms with van der Waals surface area (Å²) in [5.74, 6) is -0.0359. The standard InChI is InChI=1S/C19H20N2O2/c1-14-18(16-11-7-4-8-12-16)21(19(23)20(14)2)17(22)13-15-9-5-3-6-10-15/h3-14,18,22H,1-2H3/b17-13-/t14-,18-/m0/s1. The van der Waals surface area contributed by atoms with Crippen LogP contribution in [0.25, 0.3) is 6.08 Å². The van der Waals surface area contributed by atoms with Crippen molar-refractivity contribution in [3.05, 3.63) is 77.7 Å². The lowest BCUT2D eigenvalue weighted by Gasteiger charge is -2.24. The molecule has 1 aliphatic rings. The molecule has 4 heteroatoms. The second-order valence-corrected chi connectivity index (χ2v) is 5.77. The zero-order valence-corrected chi connectivity index (χ0v) is 13.3. The van der Waals surface area contributed by atoms with Gasteiger partial charge in [0.2, 0.25) is 0 Å². The number of carbonyl (C=O) groups excluding carboxylic acids is 1. The van der Waals surface area contributed by atoms with Crippen LogP contribution >= 0.6 is 0 Å². The lowest BCUT2D eigenvalue weighted by Crippen LogP contribution is -2.30. The fourth-order valence-corrected chi connectivity index (χ4v) is 2.98. The molecule has 3 rings (SSSR count). The van der Waals surface area contributed by atoms with Gasteiger partial charge in [0, 0.05) is 13.1 Å². The molecule has 1 saturated heterocycles. The molecule has 118 valence electrons. The quantitative estimate of drug-likeness (QED) is 0.870. The average molecular weight is 308 g/mol. The number of hydrogen-bond acceptors (Lipinski definition) is 2. The summed E-state index contributed by atoms with van der Waals surface area (Å²) in [4.78, 5) is 15.7. The maximum Gasteiger partial charge on any atom is 0.327 e. The zero-order valence-electron chi connectivity index (χ0n) is 13.3. The molecule has 0 radical (unpaired) electrons. The summed E-state index contributed by atoms with van der Waals surface area (Å²) in [6, 6.07) is 18.8. The summed E-state index contributed by atoms with van der Waals surface area (Å²) in [7, 11) is 1.76. The third kappa shape index (κ3) is 2.80. The number of hydrogen-bond donors (Lipinski definition) is 1. The van der Waals surface area contributed by atoms with Crippen molar-refractivity contribution in [2.75, 3.05) is 7.05 Å². The fourth-order valence-electron chi connectivity index (χ4n) is 2.98. The Labute approximate surface area is 136 Å². The van der Waals surface area contributed by atoms with E-state index in [-0.39, 0.29) is 24.0 Å². The number of aliphatic hydroxyl groups excluding tert-OH is 1. The molecule has 2 atom stereocenters. The third-order valence-corrected chi connectivity index (χ3v) is 4.34. The smallest absolute Gasteiger partial charge is 0.327 e. The highest BCUT2D eigenvalue weighted by atomic mass is 16.3. The monoisotopic (exact) mass is 308 g/mol. The van der Waals surface area contributed by atoms with Gasteiger partial charge in [0.1, 0.15) is 0 Å². The summed E-state index contributed by atoms with van der Waals surface area (Å²) >= 11 is 0. The molecular formula is C19H20N2O2. The minimum absolute atomic E-state index is 0.0313. The first kappa shape index (κ1) is 15.2. The number of likely N-dealkylation sites (N-methyl/N-ethyl adjacent to an activating group) is 1. The SMILES string of the molecule is C[C@H]1[C@@H](c2ccccc2)N(/C(O)=C/c2ccccc2)C(=O)N1C. The van der Waals surface area contributed by atoms with E-state index in [9.17, 15) is 9.90 Å². The molecule has 4 nitrogen and oxygen atoms in total. The normalized spacial score (nSPS) is 21.8. The van der Waals surface area contributed by atoms with Crippen LogP contribution in [0.2, 0.25) is 0 Å². The second-order valence-electron chi connectivity index (χ2n) is 5.77. The lowest BCUT2D eigenvalue weighted by atomic mass is 10.0. The molecule has 2 aromatic rings. The Morgan fingerprint density at radius 3 is 2.22 bits per heavy atom. The molecule has 0 spiro atoms. The second kappa shape index (κ2) is 6.16. The van der Waals surface area contributed by atoms with Crippen molar-refractivity contribution in [3.8, 4) is 0 Å². The Hall–Kier alpha value is -2.75. The van der Waals surface area contributed by atoms with Gasteiger partial charge >= 0.3 is 6.03 Å². The average Bonchev–Trinajstić information content (AvgIpc) is 2.81. The summed E-state index contributed by atoms with van der Waals surface area (Å²) in [5.41, 5.74) is 1.86. The summed E-state index contributed by atoms with van der Waals surface area (Å²) in [6.45, 7) is 1.99. The number of aliphatic hydroxyl groups is 1. The predicted octanol–water partition coefficient (Wildman–Crippen LogP) is 4.04. The molecule has 0 unspecified atom stereocenters. The van der Waals surface area contributed by atoms with E-state index in [0.29, 0.717) is 0 Å². The van der Waals surface area contributed by atoms with Gasteiger partial charge in [-0.1, -0.05) is 60.7 Å². The van der Waals surface area contributed by atoms with Crippen molar-refractivity contribution in [2.45, 2.75) is 19.0 Å². The minimum Gasteiger partial charge on any atom is -0.494 e. The number of rotatable bonds is 3. The Kier molecular flexibility index (Phi) is 4.06. The van der Waals surface area contributed by atoms with Gasteiger partial charge in [-0.05, 0) is 18.1 Å². The molecule has 2 aromatic carbocycles. The maximum atomic E-state index is 12.6. The van der Waals surface area contributed by atoms with E-state index < -0.39 is 0 Å². The van der Waals surface area contributed by atoms with Crippen molar-refractivity contribution < 1.29 is 9.90 Å². The van der Waals surface area contributed by atoms with E-state index in [1.165, 1.54) is 4.90 Å². The Morgan fingerprint density at radius 2 is 1.61 bits per heavy atom. The Bertz CT molecular complexity index is 713. The van der Waals surface area contributed by atoms with E-state index >= 15 is 0 Å².